The minimum absolute atomic E-state index is 0.00695. The lowest BCUT2D eigenvalue weighted by Crippen LogP contribution is -2.30. The summed E-state index contributed by atoms with van der Waals surface area (Å²) in [6.07, 6.45) is 0.949. The molecule has 0 bridgehead atoms. The van der Waals surface area contributed by atoms with Crippen molar-refractivity contribution in [1.82, 2.24) is 4.90 Å². The van der Waals surface area contributed by atoms with Crippen molar-refractivity contribution in [2.24, 2.45) is 0 Å². The summed E-state index contributed by atoms with van der Waals surface area (Å²) < 4.78 is 11.5. The van der Waals surface area contributed by atoms with Gasteiger partial charge in [0.15, 0.2) is 0 Å². The quantitative estimate of drug-likeness (QED) is 0.367. The zero-order valence-electron chi connectivity index (χ0n) is 18.4. The minimum atomic E-state index is -0.00695. The Morgan fingerprint density at radius 2 is 1.45 bits per heavy atom. The van der Waals surface area contributed by atoms with E-state index in [0.717, 1.165) is 28.9 Å². The van der Waals surface area contributed by atoms with Crippen LogP contribution in [0.15, 0.2) is 78.9 Å². The monoisotopic (exact) mass is 417 g/mol. The molecule has 0 aliphatic rings. The van der Waals surface area contributed by atoms with Gasteiger partial charge in [-0.1, -0.05) is 67.6 Å². The molecule has 0 unspecified atom stereocenters. The van der Waals surface area contributed by atoms with E-state index >= 15 is 0 Å². The van der Waals surface area contributed by atoms with Crippen LogP contribution in [-0.2, 0) is 24.4 Å². The van der Waals surface area contributed by atoms with Crippen LogP contribution in [0.2, 0.25) is 0 Å². The first-order valence-electron chi connectivity index (χ1n) is 10.9. The number of carbonyl (C=O) groups is 1. The molecule has 0 radical (unpaired) electrons. The lowest BCUT2D eigenvalue weighted by atomic mass is 10.1. The van der Waals surface area contributed by atoms with Gasteiger partial charge in [-0.05, 0) is 42.7 Å². The highest BCUT2D eigenvalue weighted by Crippen LogP contribution is 2.23. The number of ether oxygens (including phenoxy) is 2. The third kappa shape index (κ3) is 6.69. The number of amides is 1. The third-order valence-corrected chi connectivity index (χ3v) is 4.93. The van der Waals surface area contributed by atoms with Gasteiger partial charge in [0.1, 0.15) is 5.75 Å². The maximum absolute atomic E-state index is 13.5. The molecule has 162 valence electrons. The second-order valence-corrected chi connectivity index (χ2v) is 7.44. The summed E-state index contributed by atoms with van der Waals surface area (Å²) in [5.74, 6) is 0.764. The Bertz CT molecular complexity index is 900. The fourth-order valence-electron chi connectivity index (χ4n) is 3.44. The van der Waals surface area contributed by atoms with E-state index in [9.17, 15) is 4.79 Å². The number of hydrogen-bond donors (Lipinski definition) is 0. The van der Waals surface area contributed by atoms with Crippen molar-refractivity contribution in [3.63, 3.8) is 0 Å². The molecule has 4 heteroatoms. The van der Waals surface area contributed by atoms with Crippen molar-refractivity contribution in [3.05, 3.63) is 101 Å². The molecule has 3 aromatic rings. The van der Waals surface area contributed by atoms with Crippen LogP contribution in [0.4, 0.5) is 0 Å². The molecule has 4 nitrogen and oxygen atoms in total. The number of hydrogen-bond acceptors (Lipinski definition) is 3. The Kier molecular flexibility index (Phi) is 8.68. The highest BCUT2D eigenvalue weighted by molar-refractivity contribution is 5.94. The summed E-state index contributed by atoms with van der Waals surface area (Å²) in [5.41, 5.74) is 3.75. The summed E-state index contributed by atoms with van der Waals surface area (Å²) in [7, 11) is 0. The first kappa shape index (κ1) is 22.6. The van der Waals surface area contributed by atoms with E-state index in [0.29, 0.717) is 38.5 Å². The molecule has 0 saturated heterocycles. The van der Waals surface area contributed by atoms with Crippen LogP contribution in [0.1, 0.15) is 47.3 Å². The van der Waals surface area contributed by atoms with Gasteiger partial charge >= 0.3 is 0 Å². The van der Waals surface area contributed by atoms with Gasteiger partial charge in [0, 0.05) is 30.8 Å². The lowest BCUT2D eigenvalue weighted by molar-refractivity contribution is 0.0729. The van der Waals surface area contributed by atoms with Crippen molar-refractivity contribution in [3.8, 4) is 5.75 Å². The minimum Gasteiger partial charge on any atom is -0.494 e. The summed E-state index contributed by atoms with van der Waals surface area (Å²) in [6.45, 7) is 6.81. The van der Waals surface area contributed by atoms with Crippen molar-refractivity contribution in [1.29, 1.82) is 0 Å². The SMILES string of the molecule is CCCOCc1cc(C(=O)N(Cc2ccccc2)Cc2ccccc2)ccc1OCC. The van der Waals surface area contributed by atoms with E-state index in [1.807, 2.05) is 90.7 Å². The lowest BCUT2D eigenvalue weighted by Gasteiger charge is -2.24. The molecule has 0 fully saturated rings. The van der Waals surface area contributed by atoms with Crippen LogP contribution in [0, 0.1) is 0 Å². The molecule has 1 amide bonds. The maximum Gasteiger partial charge on any atom is 0.254 e. The van der Waals surface area contributed by atoms with Gasteiger partial charge in [0.05, 0.1) is 13.2 Å². The molecule has 0 spiro atoms. The highest BCUT2D eigenvalue weighted by Gasteiger charge is 2.18. The average molecular weight is 418 g/mol. The smallest absolute Gasteiger partial charge is 0.254 e. The number of rotatable bonds is 11. The molecule has 0 saturated carbocycles. The van der Waals surface area contributed by atoms with Gasteiger partial charge < -0.3 is 14.4 Å². The molecule has 0 atom stereocenters. The Morgan fingerprint density at radius 3 is 2.00 bits per heavy atom. The first-order chi connectivity index (χ1) is 15.2. The molecule has 0 aromatic heterocycles. The summed E-state index contributed by atoms with van der Waals surface area (Å²) >= 11 is 0. The van der Waals surface area contributed by atoms with Crippen molar-refractivity contribution >= 4 is 5.91 Å². The van der Waals surface area contributed by atoms with E-state index in [1.165, 1.54) is 0 Å². The summed E-state index contributed by atoms with van der Waals surface area (Å²) in [4.78, 5) is 15.4. The Balaban J connectivity index is 1.87. The van der Waals surface area contributed by atoms with E-state index in [2.05, 4.69) is 6.92 Å². The van der Waals surface area contributed by atoms with Gasteiger partial charge in [-0.15, -0.1) is 0 Å². The third-order valence-electron chi connectivity index (χ3n) is 4.93. The van der Waals surface area contributed by atoms with Gasteiger partial charge in [-0.3, -0.25) is 4.79 Å². The standard InChI is InChI=1S/C27H31NO3/c1-3-17-30-21-25-18-24(15-16-26(25)31-4-2)27(29)28(19-22-11-7-5-8-12-22)20-23-13-9-6-10-14-23/h5-16,18H,3-4,17,19-21H2,1-2H3. The van der Waals surface area contributed by atoms with Gasteiger partial charge in [-0.2, -0.15) is 0 Å². The van der Waals surface area contributed by atoms with Crippen LogP contribution in [0.5, 0.6) is 5.75 Å². The molecular weight excluding hydrogens is 386 g/mol. The largest absolute Gasteiger partial charge is 0.494 e. The topological polar surface area (TPSA) is 38.8 Å². The average Bonchev–Trinajstić information content (AvgIpc) is 2.81. The molecule has 3 rings (SSSR count). The molecular formula is C27H31NO3. The summed E-state index contributed by atoms with van der Waals surface area (Å²) in [6, 6.07) is 25.8. The molecule has 3 aromatic carbocycles. The Hall–Kier alpha value is -3.11. The van der Waals surface area contributed by atoms with Crippen molar-refractivity contribution in [2.75, 3.05) is 13.2 Å². The van der Waals surface area contributed by atoms with Crippen LogP contribution < -0.4 is 4.74 Å². The zero-order chi connectivity index (χ0) is 21.9. The number of nitrogens with zero attached hydrogens (tertiary/aromatic N) is 1. The van der Waals surface area contributed by atoms with Crippen LogP contribution in [-0.4, -0.2) is 24.0 Å². The number of carbonyl (C=O) groups excluding carboxylic acids is 1. The van der Waals surface area contributed by atoms with Crippen LogP contribution in [0.25, 0.3) is 0 Å². The molecule has 0 N–H and O–H groups in total. The van der Waals surface area contributed by atoms with Crippen molar-refractivity contribution < 1.29 is 14.3 Å². The normalized spacial score (nSPS) is 10.6. The highest BCUT2D eigenvalue weighted by atomic mass is 16.5. The predicted octanol–water partition coefficient (Wildman–Crippen LogP) is 5.85. The number of benzene rings is 3. The van der Waals surface area contributed by atoms with E-state index in [4.69, 9.17) is 9.47 Å². The van der Waals surface area contributed by atoms with Gasteiger partial charge in [-0.25, -0.2) is 0 Å². The maximum atomic E-state index is 13.5. The van der Waals surface area contributed by atoms with Crippen molar-refractivity contribution in [2.45, 2.75) is 40.0 Å². The fraction of sp³-hybridized carbons (Fsp3) is 0.296. The Morgan fingerprint density at radius 1 is 0.839 bits per heavy atom. The van der Waals surface area contributed by atoms with Crippen LogP contribution >= 0.6 is 0 Å². The van der Waals surface area contributed by atoms with E-state index < -0.39 is 0 Å². The first-order valence-corrected chi connectivity index (χ1v) is 10.9. The summed E-state index contributed by atoms with van der Waals surface area (Å²) in [5, 5.41) is 0. The second kappa shape index (κ2) is 11.9. The zero-order valence-corrected chi connectivity index (χ0v) is 18.4. The molecule has 0 heterocycles. The fourth-order valence-corrected chi connectivity index (χ4v) is 3.44. The predicted molar refractivity (Wildman–Crippen MR) is 124 cm³/mol. The van der Waals surface area contributed by atoms with Gasteiger partial charge in [0.2, 0.25) is 0 Å². The van der Waals surface area contributed by atoms with Gasteiger partial charge in [0.25, 0.3) is 5.91 Å². The van der Waals surface area contributed by atoms with Crippen LogP contribution in [0.3, 0.4) is 0 Å². The van der Waals surface area contributed by atoms with E-state index in [1.54, 1.807) is 0 Å². The van der Waals surface area contributed by atoms with E-state index in [-0.39, 0.29) is 5.91 Å². The second-order valence-electron chi connectivity index (χ2n) is 7.44. The molecule has 0 aliphatic carbocycles. The molecule has 31 heavy (non-hydrogen) atoms. The molecule has 0 aliphatic heterocycles. The Labute approximate surface area is 185 Å².